The van der Waals surface area contributed by atoms with Crippen molar-refractivity contribution in [3.8, 4) is 5.75 Å². The van der Waals surface area contributed by atoms with Crippen molar-refractivity contribution >= 4 is 21.9 Å². The third-order valence-electron chi connectivity index (χ3n) is 3.25. The molecule has 0 spiro atoms. The molecule has 1 heterocycles. The molecule has 0 bridgehead atoms. The molecule has 6 nitrogen and oxygen atoms in total. The lowest BCUT2D eigenvalue weighted by Crippen LogP contribution is -2.39. The quantitative estimate of drug-likeness (QED) is 0.428. The maximum atomic E-state index is 5.69. The molecule has 2 rings (SSSR count). The number of aliphatic imine (C=N–C) groups is 1. The monoisotopic (exact) mass is 394 g/mol. The summed E-state index contributed by atoms with van der Waals surface area (Å²) < 4.78 is 12.2. The summed E-state index contributed by atoms with van der Waals surface area (Å²) in [5.74, 6) is 3.00. The molecule has 0 saturated carbocycles. The number of benzene rings is 1. The van der Waals surface area contributed by atoms with Crippen LogP contribution in [0.1, 0.15) is 24.3 Å². The van der Waals surface area contributed by atoms with E-state index in [9.17, 15) is 0 Å². The van der Waals surface area contributed by atoms with E-state index in [4.69, 9.17) is 9.15 Å². The van der Waals surface area contributed by atoms with Gasteiger partial charge in [0.05, 0.1) is 12.2 Å². The molecular formula is C17H23BrN4O2. The van der Waals surface area contributed by atoms with Crippen LogP contribution in [0, 0.1) is 13.8 Å². The molecule has 0 aliphatic heterocycles. The predicted molar refractivity (Wildman–Crippen MR) is 98.4 cm³/mol. The van der Waals surface area contributed by atoms with Gasteiger partial charge in [0.2, 0.25) is 5.89 Å². The lowest BCUT2D eigenvalue weighted by molar-refractivity contribution is 0.321. The molecule has 0 atom stereocenters. The molecule has 1 aromatic carbocycles. The molecule has 2 aromatic rings. The summed E-state index contributed by atoms with van der Waals surface area (Å²) in [5, 5.41) is 6.42. The van der Waals surface area contributed by atoms with Crippen molar-refractivity contribution in [2.24, 2.45) is 4.99 Å². The van der Waals surface area contributed by atoms with Gasteiger partial charge in [-0.15, -0.1) is 0 Å². The van der Waals surface area contributed by atoms with E-state index in [0.29, 0.717) is 31.5 Å². The zero-order valence-electron chi connectivity index (χ0n) is 14.2. The van der Waals surface area contributed by atoms with Crippen molar-refractivity contribution in [2.45, 2.75) is 27.3 Å². The second-order valence-electron chi connectivity index (χ2n) is 5.18. The standard InChI is InChI=1S/C17H23BrN4O2/c1-4-19-17(21-11-16-22-12(2)13(3)24-16)20-8-9-23-15-7-5-6-14(18)10-15/h5-7,10H,4,8-9,11H2,1-3H3,(H2,19,20,21). The van der Waals surface area contributed by atoms with Gasteiger partial charge >= 0.3 is 0 Å². The highest BCUT2D eigenvalue weighted by Crippen LogP contribution is 2.17. The summed E-state index contributed by atoms with van der Waals surface area (Å²) in [7, 11) is 0. The number of ether oxygens (including phenoxy) is 1. The number of nitrogens with one attached hydrogen (secondary N) is 2. The Labute approximate surface area is 150 Å². The molecule has 0 aliphatic rings. The number of rotatable bonds is 7. The van der Waals surface area contributed by atoms with Crippen LogP contribution in [-0.4, -0.2) is 30.6 Å². The van der Waals surface area contributed by atoms with Gasteiger partial charge in [0.25, 0.3) is 0 Å². The summed E-state index contributed by atoms with van der Waals surface area (Å²) >= 11 is 3.42. The Kier molecular flexibility index (Phi) is 7.11. The fourth-order valence-corrected chi connectivity index (χ4v) is 2.37. The van der Waals surface area contributed by atoms with Crippen LogP contribution in [0.3, 0.4) is 0 Å². The van der Waals surface area contributed by atoms with Gasteiger partial charge in [0.15, 0.2) is 5.96 Å². The zero-order valence-corrected chi connectivity index (χ0v) is 15.8. The van der Waals surface area contributed by atoms with Gasteiger partial charge in [-0.2, -0.15) is 0 Å². The summed E-state index contributed by atoms with van der Waals surface area (Å²) in [5.41, 5.74) is 0.903. The highest BCUT2D eigenvalue weighted by molar-refractivity contribution is 9.10. The van der Waals surface area contributed by atoms with Crippen LogP contribution in [0.4, 0.5) is 0 Å². The molecule has 0 amide bonds. The van der Waals surface area contributed by atoms with E-state index in [2.05, 4.69) is 36.5 Å². The number of hydrogen-bond acceptors (Lipinski definition) is 4. The largest absolute Gasteiger partial charge is 0.492 e. The van der Waals surface area contributed by atoms with E-state index in [-0.39, 0.29) is 0 Å². The Balaban J connectivity index is 1.80. The maximum Gasteiger partial charge on any atom is 0.216 e. The molecule has 0 radical (unpaired) electrons. The first-order chi connectivity index (χ1) is 11.6. The first-order valence-corrected chi connectivity index (χ1v) is 8.71. The molecule has 0 saturated heterocycles. The second kappa shape index (κ2) is 9.32. The van der Waals surface area contributed by atoms with Gasteiger partial charge in [0.1, 0.15) is 24.7 Å². The Morgan fingerprint density at radius 2 is 2.17 bits per heavy atom. The zero-order chi connectivity index (χ0) is 17.4. The molecule has 24 heavy (non-hydrogen) atoms. The molecule has 0 unspecified atom stereocenters. The van der Waals surface area contributed by atoms with Crippen LogP contribution in [-0.2, 0) is 6.54 Å². The van der Waals surface area contributed by atoms with E-state index < -0.39 is 0 Å². The highest BCUT2D eigenvalue weighted by Gasteiger charge is 2.05. The van der Waals surface area contributed by atoms with Crippen molar-refractivity contribution in [3.05, 3.63) is 46.1 Å². The Morgan fingerprint density at radius 3 is 2.83 bits per heavy atom. The van der Waals surface area contributed by atoms with Gasteiger partial charge in [-0.25, -0.2) is 9.98 Å². The number of aromatic nitrogens is 1. The number of aryl methyl sites for hydroxylation is 2. The van der Waals surface area contributed by atoms with Gasteiger partial charge < -0.3 is 19.8 Å². The number of nitrogens with zero attached hydrogens (tertiary/aromatic N) is 2. The van der Waals surface area contributed by atoms with Crippen molar-refractivity contribution in [3.63, 3.8) is 0 Å². The normalized spacial score (nSPS) is 11.4. The van der Waals surface area contributed by atoms with Gasteiger partial charge in [-0.1, -0.05) is 22.0 Å². The lowest BCUT2D eigenvalue weighted by Gasteiger charge is -2.11. The fraction of sp³-hybridized carbons (Fsp3) is 0.412. The summed E-state index contributed by atoms with van der Waals surface area (Å²) in [6.07, 6.45) is 0. The Hall–Kier alpha value is -2.02. The second-order valence-corrected chi connectivity index (χ2v) is 6.09. The van der Waals surface area contributed by atoms with Crippen molar-refractivity contribution in [2.75, 3.05) is 19.7 Å². The average Bonchev–Trinajstić information content (AvgIpc) is 2.87. The Bertz CT molecular complexity index is 665. The van der Waals surface area contributed by atoms with Gasteiger partial charge in [0, 0.05) is 11.0 Å². The van der Waals surface area contributed by atoms with Crippen molar-refractivity contribution < 1.29 is 9.15 Å². The van der Waals surface area contributed by atoms with Crippen LogP contribution >= 0.6 is 15.9 Å². The fourth-order valence-electron chi connectivity index (χ4n) is 1.99. The van der Waals surface area contributed by atoms with Crippen LogP contribution in [0.15, 0.2) is 38.1 Å². The third-order valence-corrected chi connectivity index (χ3v) is 3.74. The predicted octanol–water partition coefficient (Wildman–Crippen LogP) is 3.19. The van der Waals surface area contributed by atoms with Crippen LogP contribution in [0.5, 0.6) is 5.75 Å². The SMILES string of the molecule is CCNC(=NCc1nc(C)c(C)o1)NCCOc1cccc(Br)c1. The molecular weight excluding hydrogens is 372 g/mol. The van der Waals surface area contributed by atoms with Crippen molar-refractivity contribution in [1.29, 1.82) is 0 Å². The third kappa shape index (κ3) is 5.88. The van der Waals surface area contributed by atoms with E-state index in [1.54, 1.807) is 0 Å². The van der Waals surface area contributed by atoms with Gasteiger partial charge in [-0.3, -0.25) is 0 Å². The van der Waals surface area contributed by atoms with Gasteiger partial charge in [-0.05, 0) is 39.0 Å². The number of guanidine groups is 1. The minimum Gasteiger partial charge on any atom is -0.492 e. The van der Waals surface area contributed by atoms with E-state index in [0.717, 1.165) is 28.2 Å². The number of hydrogen-bond donors (Lipinski definition) is 2. The average molecular weight is 395 g/mol. The summed E-state index contributed by atoms with van der Waals surface area (Å²) in [6, 6.07) is 7.77. The number of halogens is 1. The minimum absolute atomic E-state index is 0.399. The van der Waals surface area contributed by atoms with Crippen LogP contribution in [0.2, 0.25) is 0 Å². The molecule has 7 heteroatoms. The summed E-state index contributed by atoms with van der Waals surface area (Å²) in [4.78, 5) is 8.80. The Morgan fingerprint density at radius 1 is 1.33 bits per heavy atom. The first-order valence-electron chi connectivity index (χ1n) is 7.92. The smallest absolute Gasteiger partial charge is 0.216 e. The topological polar surface area (TPSA) is 71.7 Å². The maximum absolute atomic E-state index is 5.69. The van der Waals surface area contributed by atoms with Crippen LogP contribution < -0.4 is 15.4 Å². The van der Waals surface area contributed by atoms with E-state index in [1.807, 2.05) is 45.0 Å². The van der Waals surface area contributed by atoms with Crippen LogP contribution in [0.25, 0.3) is 0 Å². The van der Waals surface area contributed by atoms with E-state index in [1.165, 1.54) is 0 Å². The van der Waals surface area contributed by atoms with Crippen molar-refractivity contribution in [1.82, 2.24) is 15.6 Å². The molecule has 130 valence electrons. The molecule has 1 aromatic heterocycles. The molecule has 2 N–H and O–H groups in total. The lowest BCUT2D eigenvalue weighted by atomic mass is 10.3. The van der Waals surface area contributed by atoms with E-state index >= 15 is 0 Å². The minimum atomic E-state index is 0.399. The molecule has 0 fully saturated rings. The molecule has 0 aliphatic carbocycles. The summed E-state index contributed by atoms with van der Waals surface area (Å²) in [6.45, 7) is 8.21. The first kappa shape index (κ1) is 18.3. The number of oxazole rings is 1. The highest BCUT2D eigenvalue weighted by atomic mass is 79.9.